The standard InChI is InChI=1S/C19H22N2O3S2/c1-26(23,24)15-8-6-14(7-9-15)19(12-16(19)13-4-2-3-5-13)17(22)21-18-20-10-11-25-18/h6-11,13,16H,2-5,12H2,1H3,(H,20,21,22)/t16-,19-/m0/s1. The normalized spacial score (nSPS) is 26.0. The van der Waals surface area contributed by atoms with Crippen LogP contribution in [0.25, 0.3) is 0 Å². The van der Waals surface area contributed by atoms with Crippen LogP contribution in [0.1, 0.15) is 37.7 Å². The second-order valence-electron chi connectivity index (χ2n) is 7.41. The summed E-state index contributed by atoms with van der Waals surface area (Å²) in [6, 6.07) is 6.86. The average Bonchev–Trinajstić information content (AvgIpc) is 2.97. The minimum absolute atomic E-state index is 0.0172. The number of benzene rings is 1. The van der Waals surface area contributed by atoms with Crippen molar-refractivity contribution >= 4 is 32.2 Å². The fourth-order valence-corrected chi connectivity index (χ4v) is 5.59. The van der Waals surface area contributed by atoms with E-state index < -0.39 is 15.3 Å². The highest BCUT2D eigenvalue weighted by Crippen LogP contribution is 2.61. The van der Waals surface area contributed by atoms with Crippen molar-refractivity contribution in [2.24, 2.45) is 11.8 Å². The first-order valence-corrected chi connectivity index (χ1v) is 11.7. The molecule has 1 N–H and O–H groups in total. The molecule has 0 saturated heterocycles. The lowest BCUT2D eigenvalue weighted by Crippen LogP contribution is -2.31. The zero-order valence-corrected chi connectivity index (χ0v) is 16.3. The zero-order valence-electron chi connectivity index (χ0n) is 14.6. The van der Waals surface area contributed by atoms with Crippen LogP contribution in [0.2, 0.25) is 0 Å². The number of rotatable bonds is 5. The van der Waals surface area contributed by atoms with Gasteiger partial charge < -0.3 is 5.32 Å². The van der Waals surface area contributed by atoms with Gasteiger partial charge in [0, 0.05) is 17.8 Å². The number of hydrogen-bond donors (Lipinski definition) is 1. The molecule has 1 heterocycles. The molecule has 0 aliphatic heterocycles. The summed E-state index contributed by atoms with van der Waals surface area (Å²) in [7, 11) is -3.24. The van der Waals surface area contributed by atoms with Crippen molar-refractivity contribution in [3.8, 4) is 0 Å². The van der Waals surface area contributed by atoms with E-state index in [1.165, 1.54) is 43.3 Å². The fraction of sp³-hybridized carbons (Fsp3) is 0.474. The van der Waals surface area contributed by atoms with Gasteiger partial charge in [-0.15, -0.1) is 11.3 Å². The van der Waals surface area contributed by atoms with Crippen molar-refractivity contribution in [3.05, 3.63) is 41.4 Å². The molecule has 0 spiro atoms. The van der Waals surface area contributed by atoms with E-state index in [9.17, 15) is 13.2 Å². The van der Waals surface area contributed by atoms with Gasteiger partial charge in [-0.1, -0.05) is 37.8 Å². The van der Waals surface area contributed by atoms with Crippen LogP contribution in [0.15, 0.2) is 40.7 Å². The predicted octanol–water partition coefficient (Wildman–Crippen LogP) is 3.63. The fourth-order valence-electron chi connectivity index (χ4n) is 4.43. The smallest absolute Gasteiger partial charge is 0.237 e. The maximum atomic E-state index is 13.2. The van der Waals surface area contributed by atoms with Crippen molar-refractivity contribution in [2.75, 3.05) is 11.6 Å². The Morgan fingerprint density at radius 2 is 1.92 bits per heavy atom. The molecule has 0 radical (unpaired) electrons. The van der Waals surface area contributed by atoms with E-state index >= 15 is 0 Å². The van der Waals surface area contributed by atoms with Crippen LogP contribution in [0, 0.1) is 11.8 Å². The van der Waals surface area contributed by atoms with Gasteiger partial charge in [-0.05, 0) is 36.0 Å². The molecule has 26 heavy (non-hydrogen) atoms. The molecular formula is C19H22N2O3S2. The Hall–Kier alpha value is -1.73. The largest absolute Gasteiger partial charge is 0.301 e. The Morgan fingerprint density at radius 1 is 1.23 bits per heavy atom. The molecule has 2 aliphatic carbocycles. The van der Waals surface area contributed by atoms with Crippen LogP contribution in [-0.2, 0) is 20.0 Å². The SMILES string of the molecule is CS(=O)(=O)c1ccc([C@@]2(C(=O)Nc3nccs3)C[C@H]2C2CCCC2)cc1. The molecular weight excluding hydrogens is 368 g/mol. The third kappa shape index (κ3) is 3.07. The molecule has 1 aromatic carbocycles. The summed E-state index contributed by atoms with van der Waals surface area (Å²) in [6.07, 6.45) is 8.53. The third-order valence-corrected chi connectivity index (χ3v) is 7.66. The maximum Gasteiger partial charge on any atom is 0.237 e. The molecule has 2 aromatic rings. The quantitative estimate of drug-likeness (QED) is 0.846. The Bertz CT molecular complexity index is 901. The van der Waals surface area contributed by atoms with E-state index in [1.807, 2.05) is 17.5 Å². The van der Waals surface area contributed by atoms with E-state index in [0.717, 1.165) is 12.0 Å². The lowest BCUT2D eigenvalue weighted by molar-refractivity contribution is -0.119. The minimum atomic E-state index is -3.24. The zero-order chi connectivity index (χ0) is 18.4. The Morgan fingerprint density at radius 3 is 2.50 bits per heavy atom. The third-order valence-electron chi connectivity index (χ3n) is 5.84. The Kier molecular flexibility index (Phi) is 4.39. The van der Waals surface area contributed by atoms with Gasteiger partial charge in [0.2, 0.25) is 5.91 Å². The second-order valence-corrected chi connectivity index (χ2v) is 10.3. The number of aromatic nitrogens is 1. The van der Waals surface area contributed by atoms with Crippen LogP contribution < -0.4 is 5.32 Å². The van der Waals surface area contributed by atoms with Crippen LogP contribution >= 0.6 is 11.3 Å². The summed E-state index contributed by atoms with van der Waals surface area (Å²) in [5.74, 6) is 0.886. The lowest BCUT2D eigenvalue weighted by Gasteiger charge is -2.20. The van der Waals surface area contributed by atoms with Crippen LogP contribution in [0.4, 0.5) is 5.13 Å². The molecule has 2 saturated carbocycles. The van der Waals surface area contributed by atoms with Gasteiger partial charge in [-0.3, -0.25) is 4.79 Å². The molecule has 0 bridgehead atoms. The Balaban J connectivity index is 1.66. The van der Waals surface area contributed by atoms with E-state index in [1.54, 1.807) is 18.3 Å². The van der Waals surface area contributed by atoms with Gasteiger partial charge in [-0.2, -0.15) is 0 Å². The van der Waals surface area contributed by atoms with Crippen molar-refractivity contribution in [1.29, 1.82) is 0 Å². The van der Waals surface area contributed by atoms with Crippen molar-refractivity contribution in [3.63, 3.8) is 0 Å². The highest BCUT2D eigenvalue weighted by molar-refractivity contribution is 7.90. The van der Waals surface area contributed by atoms with Gasteiger partial charge in [-0.25, -0.2) is 13.4 Å². The van der Waals surface area contributed by atoms with Crippen LogP contribution in [-0.4, -0.2) is 25.6 Å². The summed E-state index contributed by atoms with van der Waals surface area (Å²) in [5.41, 5.74) is 0.354. The topological polar surface area (TPSA) is 76.1 Å². The number of hydrogen-bond acceptors (Lipinski definition) is 5. The summed E-state index contributed by atoms with van der Waals surface area (Å²) in [5, 5.41) is 5.42. The van der Waals surface area contributed by atoms with E-state index in [4.69, 9.17) is 0 Å². The van der Waals surface area contributed by atoms with E-state index in [2.05, 4.69) is 10.3 Å². The number of sulfone groups is 1. The van der Waals surface area contributed by atoms with Crippen molar-refractivity contribution < 1.29 is 13.2 Å². The molecule has 1 amide bonds. The summed E-state index contributed by atoms with van der Waals surface area (Å²) in [4.78, 5) is 17.6. The first kappa shape index (κ1) is 17.7. The van der Waals surface area contributed by atoms with E-state index in [-0.39, 0.29) is 10.8 Å². The molecule has 7 heteroatoms. The van der Waals surface area contributed by atoms with Crippen LogP contribution in [0.3, 0.4) is 0 Å². The lowest BCUT2D eigenvalue weighted by atomic mass is 9.87. The Labute approximate surface area is 157 Å². The number of amides is 1. The summed E-state index contributed by atoms with van der Waals surface area (Å²) < 4.78 is 23.5. The molecule has 2 aliphatic rings. The van der Waals surface area contributed by atoms with Gasteiger partial charge >= 0.3 is 0 Å². The molecule has 2 fully saturated rings. The van der Waals surface area contributed by atoms with Gasteiger partial charge in [0.15, 0.2) is 15.0 Å². The van der Waals surface area contributed by atoms with Crippen molar-refractivity contribution in [1.82, 2.24) is 4.98 Å². The van der Waals surface area contributed by atoms with Gasteiger partial charge in [0.1, 0.15) is 0 Å². The number of nitrogens with zero attached hydrogens (tertiary/aromatic N) is 1. The van der Waals surface area contributed by atoms with Gasteiger partial charge in [0.25, 0.3) is 0 Å². The molecule has 5 nitrogen and oxygen atoms in total. The number of carbonyl (C=O) groups is 1. The van der Waals surface area contributed by atoms with Crippen molar-refractivity contribution in [2.45, 2.75) is 42.4 Å². The number of anilines is 1. The molecule has 4 rings (SSSR count). The first-order valence-electron chi connectivity index (χ1n) is 8.93. The number of nitrogens with one attached hydrogen (secondary N) is 1. The monoisotopic (exact) mass is 390 g/mol. The molecule has 2 atom stereocenters. The second kappa shape index (κ2) is 6.46. The average molecular weight is 391 g/mol. The first-order chi connectivity index (χ1) is 12.4. The summed E-state index contributed by atoms with van der Waals surface area (Å²) >= 11 is 1.41. The van der Waals surface area contributed by atoms with E-state index in [0.29, 0.717) is 17.0 Å². The number of carbonyl (C=O) groups excluding carboxylic acids is 1. The van der Waals surface area contributed by atoms with Crippen LogP contribution in [0.5, 0.6) is 0 Å². The highest BCUT2D eigenvalue weighted by atomic mass is 32.2. The molecule has 0 unspecified atom stereocenters. The minimum Gasteiger partial charge on any atom is -0.301 e. The molecule has 138 valence electrons. The molecule has 1 aromatic heterocycles. The predicted molar refractivity (Wildman–Crippen MR) is 102 cm³/mol. The highest BCUT2D eigenvalue weighted by Gasteiger charge is 2.63. The van der Waals surface area contributed by atoms with Gasteiger partial charge in [0.05, 0.1) is 10.3 Å². The maximum absolute atomic E-state index is 13.2. The number of thiazole rings is 1. The summed E-state index contributed by atoms with van der Waals surface area (Å²) in [6.45, 7) is 0.